The van der Waals surface area contributed by atoms with E-state index in [0.29, 0.717) is 11.1 Å². The second kappa shape index (κ2) is 8.15. The van der Waals surface area contributed by atoms with E-state index in [1.165, 1.54) is 4.68 Å². The third-order valence-electron chi connectivity index (χ3n) is 5.61. The van der Waals surface area contributed by atoms with E-state index in [0.717, 1.165) is 36.8 Å². The highest BCUT2D eigenvalue weighted by molar-refractivity contribution is 5.88. The maximum absolute atomic E-state index is 13.3. The summed E-state index contributed by atoms with van der Waals surface area (Å²) in [4.78, 5) is 32.3. The molecule has 1 aliphatic rings. The third kappa shape index (κ3) is 3.79. The lowest BCUT2D eigenvalue weighted by Gasteiger charge is -2.36. The fourth-order valence-corrected chi connectivity index (χ4v) is 4.15. The minimum absolute atomic E-state index is 0.0464. The van der Waals surface area contributed by atoms with Gasteiger partial charge in [-0.1, -0.05) is 24.3 Å². The zero-order valence-corrected chi connectivity index (χ0v) is 16.9. The molecule has 0 spiro atoms. The third-order valence-corrected chi connectivity index (χ3v) is 5.61. The van der Waals surface area contributed by atoms with Crippen molar-refractivity contribution < 1.29 is 4.79 Å². The summed E-state index contributed by atoms with van der Waals surface area (Å²) in [6, 6.07) is 11.4. The van der Waals surface area contributed by atoms with Crippen LogP contribution < -0.4 is 5.56 Å². The van der Waals surface area contributed by atoms with E-state index in [9.17, 15) is 9.59 Å². The van der Waals surface area contributed by atoms with Gasteiger partial charge in [-0.2, -0.15) is 5.10 Å². The fraction of sp³-hybridized carbons (Fsp3) is 0.391. The number of carbonyl (C=O) groups is 1. The summed E-state index contributed by atoms with van der Waals surface area (Å²) in [7, 11) is 0. The van der Waals surface area contributed by atoms with Gasteiger partial charge in [0.05, 0.1) is 29.6 Å². The Labute approximate surface area is 170 Å². The Bertz CT molecular complexity index is 1080. The lowest BCUT2D eigenvalue weighted by atomic mass is 9.95. The first-order valence-corrected chi connectivity index (χ1v) is 10.3. The molecule has 29 heavy (non-hydrogen) atoms. The van der Waals surface area contributed by atoms with E-state index in [1.54, 1.807) is 6.20 Å². The first-order valence-electron chi connectivity index (χ1n) is 10.3. The number of rotatable bonds is 4. The predicted molar refractivity (Wildman–Crippen MR) is 113 cm³/mol. The zero-order valence-electron chi connectivity index (χ0n) is 16.9. The Morgan fingerprint density at radius 2 is 1.93 bits per heavy atom. The molecule has 1 atom stereocenters. The number of hydrogen-bond acceptors (Lipinski definition) is 4. The second-order valence-electron chi connectivity index (χ2n) is 7.90. The maximum Gasteiger partial charge on any atom is 0.274 e. The lowest BCUT2D eigenvalue weighted by Crippen LogP contribution is -2.40. The van der Waals surface area contributed by atoms with Gasteiger partial charge in [-0.25, -0.2) is 4.68 Å². The number of nitrogens with zero attached hydrogens (tertiary/aromatic N) is 4. The molecule has 0 aliphatic carbocycles. The van der Waals surface area contributed by atoms with Crippen LogP contribution in [-0.4, -0.2) is 32.1 Å². The summed E-state index contributed by atoms with van der Waals surface area (Å²) < 4.78 is 1.49. The summed E-state index contributed by atoms with van der Waals surface area (Å²) in [5.74, 6) is 0.0464. The van der Waals surface area contributed by atoms with Gasteiger partial charge in [-0.3, -0.25) is 14.6 Å². The van der Waals surface area contributed by atoms with Gasteiger partial charge < -0.3 is 4.90 Å². The van der Waals surface area contributed by atoms with Crippen LogP contribution in [0, 0.1) is 0 Å². The molecule has 150 valence electrons. The van der Waals surface area contributed by atoms with Crippen LogP contribution in [0.25, 0.3) is 10.8 Å². The number of carbonyl (C=O) groups excluding carboxylic acids is 1. The molecule has 1 saturated heterocycles. The maximum atomic E-state index is 13.3. The van der Waals surface area contributed by atoms with Crippen LogP contribution in [0.1, 0.15) is 56.5 Å². The molecular formula is C23H26N4O2. The SMILES string of the molecule is CC(C)n1nc(CC(=O)N2CCCC[C@H]2c2cccnc2)c2ccccc2c1=O. The van der Waals surface area contributed by atoms with Crippen LogP contribution in [0.3, 0.4) is 0 Å². The van der Waals surface area contributed by atoms with Crippen LogP contribution in [0.5, 0.6) is 0 Å². The summed E-state index contributed by atoms with van der Waals surface area (Å²) in [6.07, 6.45) is 6.83. The zero-order chi connectivity index (χ0) is 20.4. The van der Waals surface area contributed by atoms with Crippen molar-refractivity contribution in [2.45, 2.75) is 51.6 Å². The number of aromatic nitrogens is 3. The number of amides is 1. The minimum atomic E-state index is -0.113. The van der Waals surface area contributed by atoms with Gasteiger partial charge in [0.15, 0.2) is 0 Å². The molecule has 1 aliphatic heterocycles. The number of likely N-dealkylation sites (tertiary alicyclic amines) is 1. The van der Waals surface area contributed by atoms with Gasteiger partial charge in [-0.15, -0.1) is 0 Å². The Kier molecular flexibility index (Phi) is 5.43. The topological polar surface area (TPSA) is 68.1 Å². The molecule has 0 N–H and O–H groups in total. The van der Waals surface area contributed by atoms with Gasteiger partial charge in [0.2, 0.25) is 5.91 Å². The van der Waals surface area contributed by atoms with E-state index in [2.05, 4.69) is 10.1 Å². The number of hydrogen-bond donors (Lipinski definition) is 0. The van der Waals surface area contributed by atoms with Gasteiger partial charge in [-0.05, 0) is 50.8 Å². The molecule has 0 bridgehead atoms. The summed E-state index contributed by atoms with van der Waals surface area (Å²) in [5, 5.41) is 5.95. The lowest BCUT2D eigenvalue weighted by molar-refractivity contribution is -0.134. The van der Waals surface area contributed by atoms with Gasteiger partial charge >= 0.3 is 0 Å². The van der Waals surface area contributed by atoms with E-state index in [-0.39, 0.29) is 30.0 Å². The monoisotopic (exact) mass is 390 g/mol. The predicted octanol–water partition coefficient (Wildman–Crippen LogP) is 3.67. The molecule has 0 saturated carbocycles. The van der Waals surface area contributed by atoms with Crippen LogP contribution in [0.2, 0.25) is 0 Å². The molecule has 0 radical (unpaired) electrons. The Morgan fingerprint density at radius 3 is 2.66 bits per heavy atom. The quantitative estimate of drug-likeness (QED) is 0.682. The normalized spacial score (nSPS) is 17.1. The number of pyridine rings is 1. The molecule has 0 unspecified atom stereocenters. The van der Waals surface area contributed by atoms with Crippen LogP contribution in [-0.2, 0) is 11.2 Å². The molecular weight excluding hydrogens is 364 g/mol. The highest BCUT2D eigenvalue weighted by atomic mass is 16.2. The van der Waals surface area contributed by atoms with Crippen molar-refractivity contribution in [1.29, 1.82) is 0 Å². The van der Waals surface area contributed by atoms with Crippen molar-refractivity contribution in [2.24, 2.45) is 0 Å². The van der Waals surface area contributed by atoms with Crippen molar-refractivity contribution in [3.63, 3.8) is 0 Å². The Hall–Kier alpha value is -3.02. The van der Waals surface area contributed by atoms with Crippen molar-refractivity contribution in [3.8, 4) is 0 Å². The van der Waals surface area contributed by atoms with Crippen molar-refractivity contribution in [3.05, 3.63) is 70.4 Å². The fourth-order valence-electron chi connectivity index (χ4n) is 4.15. The number of piperidine rings is 1. The molecule has 4 rings (SSSR count). The Balaban J connectivity index is 1.70. The molecule has 6 heteroatoms. The average molecular weight is 390 g/mol. The summed E-state index contributed by atoms with van der Waals surface area (Å²) in [5.41, 5.74) is 1.62. The minimum Gasteiger partial charge on any atom is -0.335 e. The second-order valence-corrected chi connectivity index (χ2v) is 7.90. The molecule has 1 fully saturated rings. The van der Waals surface area contributed by atoms with Gasteiger partial charge in [0.1, 0.15) is 0 Å². The van der Waals surface area contributed by atoms with Gasteiger partial charge in [0, 0.05) is 24.3 Å². The summed E-state index contributed by atoms with van der Waals surface area (Å²) >= 11 is 0. The highest BCUT2D eigenvalue weighted by Gasteiger charge is 2.29. The molecule has 2 aromatic heterocycles. The van der Waals surface area contributed by atoms with Crippen molar-refractivity contribution >= 4 is 16.7 Å². The van der Waals surface area contributed by atoms with E-state index in [4.69, 9.17) is 0 Å². The molecule has 6 nitrogen and oxygen atoms in total. The van der Waals surface area contributed by atoms with Crippen LogP contribution >= 0.6 is 0 Å². The first kappa shape index (κ1) is 19.3. The summed E-state index contributed by atoms with van der Waals surface area (Å²) in [6.45, 7) is 4.59. The molecule has 3 heterocycles. The van der Waals surface area contributed by atoms with Crippen molar-refractivity contribution in [1.82, 2.24) is 19.7 Å². The number of fused-ring (bicyclic) bond motifs is 1. The van der Waals surface area contributed by atoms with Crippen LogP contribution in [0.15, 0.2) is 53.6 Å². The first-order chi connectivity index (χ1) is 14.1. The molecule has 1 amide bonds. The standard InChI is InChI=1S/C23H26N4O2/c1-16(2)27-23(29)19-10-4-3-9-18(19)20(25-27)14-22(28)26-13-6-5-11-21(26)17-8-7-12-24-15-17/h3-4,7-10,12,15-16,21H,5-6,11,13-14H2,1-2H3/t21-/m0/s1. The highest BCUT2D eigenvalue weighted by Crippen LogP contribution is 2.31. The smallest absolute Gasteiger partial charge is 0.274 e. The van der Waals surface area contributed by atoms with Crippen LogP contribution in [0.4, 0.5) is 0 Å². The van der Waals surface area contributed by atoms with E-state index < -0.39 is 0 Å². The molecule has 1 aromatic carbocycles. The Morgan fingerprint density at radius 1 is 1.14 bits per heavy atom. The number of benzene rings is 1. The van der Waals surface area contributed by atoms with E-state index in [1.807, 2.05) is 61.3 Å². The van der Waals surface area contributed by atoms with E-state index >= 15 is 0 Å². The van der Waals surface area contributed by atoms with Crippen molar-refractivity contribution in [2.75, 3.05) is 6.54 Å². The van der Waals surface area contributed by atoms with Gasteiger partial charge in [0.25, 0.3) is 5.56 Å². The largest absolute Gasteiger partial charge is 0.335 e. The average Bonchev–Trinajstić information content (AvgIpc) is 2.76. The molecule has 3 aromatic rings.